The summed E-state index contributed by atoms with van der Waals surface area (Å²) in [6.45, 7) is 2.99. The van der Waals surface area contributed by atoms with Gasteiger partial charge in [0.05, 0.1) is 19.4 Å². The zero-order chi connectivity index (χ0) is 17.2. The lowest BCUT2D eigenvalue weighted by atomic mass is 10.2. The normalized spacial score (nSPS) is 16.0. The molecule has 0 radical (unpaired) electrons. The van der Waals surface area contributed by atoms with Gasteiger partial charge in [0.15, 0.2) is 0 Å². The number of halogens is 3. The average Bonchev–Trinajstić information content (AvgIpc) is 2.95. The van der Waals surface area contributed by atoms with Crippen molar-refractivity contribution in [3.63, 3.8) is 0 Å². The molecule has 1 aliphatic rings. The standard InChI is InChI=1S/C14H14F3N5OS/c15-14(16,17)12-19-20-13(24)22(12)18-9-10-1-3-11(4-2-10)21-5-7-23-8-6-21/h1-4,9H,5-8H2,(H,20,24)/b18-9+. The van der Waals surface area contributed by atoms with Crippen molar-refractivity contribution >= 4 is 24.1 Å². The Labute approximate surface area is 140 Å². The summed E-state index contributed by atoms with van der Waals surface area (Å²) in [6, 6.07) is 7.36. The third-order valence-corrected chi connectivity index (χ3v) is 3.76. The molecule has 1 aromatic heterocycles. The number of anilines is 1. The molecule has 2 aromatic rings. The molecule has 0 unspecified atom stereocenters. The van der Waals surface area contributed by atoms with Crippen molar-refractivity contribution in [2.45, 2.75) is 6.18 Å². The largest absolute Gasteiger partial charge is 0.453 e. The van der Waals surface area contributed by atoms with Crippen molar-refractivity contribution in [2.75, 3.05) is 31.2 Å². The molecule has 1 aromatic carbocycles. The van der Waals surface area contributed by atoms with Crippen molar-refractivity contribution in [3.05, 3.63) is 40.4 Å². The third-order valence-electron chi connectivity index (χ3n) is 3.50. The van der Waals surface area contributed by atoms with Crippen LogP contribution in [-0.4, -0.2) is 47.4 Å². The second kappa shape index (κ2) is 6.73. The SMILES string of the molecule is FC(F)(F)c1n[nH]c(=S)n1/N=C/c1ccc(N2CCOCC2)cc1. The van der Waals surface area contributed by atoms with Gasteiger partial charge in [0.1, 0.15) is 0 Å². The Hall–Kier alpha value is -2.20. The topological polar surface area (TPSA) is 58.4 Å². The minimum atomic E-state index is -4.63. The Morgan fingerprint density at radius 2 is 1.88 bits per heavy atom. The Morgan fingerprint density at radius 1 is 1.21 bits per heavy atom. The van der Waals surface area contributed by atoms with Crippen molar-refractivity contribution < 1.29 is 17.9 Å². The quantitative estimate of drug-likeness (QED) is 0.678. The van der Waals surface area contributed by atoms with Crippen LogP contribution in [0.1, 0.15) is 11.4 Å². The van der Waals surface area contributed by atoms with Gasteiger partial charge in [-0.3, -0.25) is 0 Å². The number of alkyl halides is 3. The molecule has 3 rings (SSSR count). The van der Waals surface area contributed by atoms with Crippen LogP contribution in [0.5, 0.6) is 0 Å². The van der Waals surface area contributed by atoms with Gasteiger partial charge in [0.25, 0.3) is 5.82 Å². The van der Waals surface area contributed by atoms with Gasteiger partial charge in [-0.1, -0.05) is 12.1 Å². The summed E-state index contributed by atoms with van der Waals surface area (Å²) in [5.74, 6) is -1.19. The number of morpholine rings is 1. The van der Waals surface area contributed by atoms with Gasteiger partial charge < -0.3 is 9.64 Å². The maximum Gasteiger partial charge on any atom is 0.453 e. The van der Waals surface area contributed by atoms with Crippen LogP contribution in [0.2, 0.25) is 0 Å². The Kier molecular flexibility index (Phi) is 4.67. The lowest BCUT2D eigenvalue weighted by molar-refractivity contribution is -0.147. The van der Waals surface area contributed by atoms with Crippen LogP contribution >= 0.6 is 12.2 Å². The van der Waals surface area contributed by atoms with E-state index in [9.17, 15) is 13.2 Å². The number of rotatable bonds is 3. The van der Waals surface area contributed by atoms with Crippen LogP contribution < -0.4 is 4.90 Å². The maximum absolute atomic E-state index is 12.8. The molecule has 0 spiro atoms. The molecule has 1 saturated heterocycles. The number of aromatic nitrogens is 3. The van der Waals surface area contributed by atoms with E-state index in [4.69, 9.17) is 17.0 Å². The fourth-order valence-corrected chi connectivity index (χ4v) is 2.48. The van der Waals surface area contributed by atoms with Crippen LogP contribution in [0.3, 0.4) is 0 Å². The van der Waals surface area contributed by atoms with Gasteiger partial charge in [-0.15, -0.1) is 5.10 Å². The number of hydrogen-bond acceptors (Lipinski definition) is 5. The monoisotopic (exact) mass is 357 g/mol. The van der Waals surface area contributed by atoms with Gasteiger partial charge in [0, 0.05) is 18.8 Å². The molecule has 10 heteroatoms. The minimum Gasteiger partial charge on any atom is -0.378 e. The average molecular weight is 357 g/mol. The second-order valence-electron chi connectivity index (χ2n) is 5.10. The van der Waals surface area contributed by atoms with E-state index in [1.807, 2.05) is 12.1 Å². The predicted molar refractivity (Wildman–Crippen MR) is 84.9 cm³/mol. The Bertz CT molecular complexity index is 775. The summed E-state index contributed by atoms with van der Waals surface area (Å²) in [4.78, 5) is 2.18. The first-order chi connectivity index (χ1) is 11.4. The number of nitrogens with one attached hydrogen (secondary N) is 1. The maximum atomic E-state index is 12.8. The number of ether oxygens (including phenoxy) is 1. The first-order valence-corrected chi connectivity index (χ1v) is 7.58. The van der Waals surface area contributed by atoms with Gasteiger partial charge in [-0.2, -0.15) is 22.9 Å². The van der Waals surface area contributed by atoms with Gasteiger partial charge in [0.2, 0.25) is 4.77 Å². The molecule has 6 nitrogen and oxygen atoms in total. The van der Waals surface area contributed by atoms with E-state index in [2.05, 4.69) is 20.2 Å². The second-order valence-corrected chi connectivity index (χ2v) is 5.48. The highest BCUT2D eigenvalue weighted by Crippen LogP contribution is 2.27. The lowest BCUT2D eigenvalue weighted by Gasteiger charge is -2.28. The van der Waals surface area contributed by atoms with Crippen molar-refractivity contribution in [1.29, 1.82) is 0 Å². The van der Waals surface area contributed by atoms with E-state index in [-0.39, 0.29) is 4.77 Å². The molecular weight excluding hydrogens is 343 g/mol. The molecule has 128 valence electrons. The van der Waals surface area contributed by atoms with Crippen molar-refractivity contribution in [2.24, 2.45) is 5.10 Å². The van der Waals surface area contributed by atoms with Crippen LogP contribution in [0.25, 0.3) is 0 Å². The van der Waals surface area contributed by atoms with Crippen molar-refractivity contribution in [1.82, 2.24) is 14.9 Å². The van der Waals surface area contributed by atoms with Crippen LogP contribution in [0, 0.1) is 4.77 Å². The molecule has 1 aliphatic heterocycles. The van der Waals surface area contributed by atoms with E-state index in [1.54, 1.807) is 12.1 Å². The predicted octanol–water partition coefficient (Wildman–Crippen LogP) is 2.68. The Balaban J connectivity index is 1.78. The molecular formula is C14H14F3N5OS. The molecule has 1 fully saturated rings. The van der Waals surface area contributed by atoms with E-state index in [0.29, 0.717) is 23.5 Å². The zero-order valence-corrected chi connectivity index (χ0v) is 13.3. The number of nitrogens with zero attached hydrogens (tertiary/aromatic N) is 4. The number of H-pyrrole nitrogens is 1. The summed E-state index contributed by atoms with van der Waals surface area (Å²) >= 11 is 4.78. The Morgan fingerprint density at radius 3 is 2.50 bits per heavy atom. The van der Waals surface area contributed by atoms with Crippen LogP contribution in [-0.2, 0) is 10.9 Å². The third kappa shape index (κ3) is 3.65. The van der Waals surface area contributed by atoms with E-state index >= 15 is 0 Å². The molecule has 24 heavy (non-hydrogen) atoms. The molecule has 0 bridgehead atoms. The zero-order valence-electron chi connectivity index (χ0n) is 12.5. The number of aromatic amines is 1. The summed E-state index contributed by atoms with van der Waals surface area (Å²) in [5, 5.41) is 9.04. The minimum absolute atomic E-state index is 0.219. The summed E-state index contributed by atoms with van der Waals surface area (Å²) < 4.78 is 44.1. The van der Waals surface area contributed by atoms with E-state index in [1.165, 1.54) is 6.21 Å². The lowest BCUT2D eigenvalue weighted by Crippen LogP contribution is -2.36. The first kappa shape index (κ1) is 16.7. The molecule has 0 amide bonds. The number of benzene rings is 1. The van der Waals surface area contributed by atoms with Crippen LogP contribution in [0.15, 0.2) is 29.4 Å². The molecule has 0 saturated carbocycles. The van der Waals surface area contributed by atoms with Gasteiger partial charge >= 0.3 is 6.18 Å². The summed E-state index contributed by atoms with van der Waals surface area (Å²) in [6.07, 6.45) is -3.32. The summed E-state index contributed by atoms with van der Waals surface area (Å²) in [5.41, 5.74) is 1.69. The highest BCUT2D eigenvalue weighted by atomic mass is 32.1. The number of hydrogen-bond donors (Lipinski definition) is 1. The first-order valence-electron chi connectivity index (χ1n) is 7.17. The smallest absolute Gasteiger partial charge is 0.378 e. The molecule has 1 N–H and O–H groups in total. The van der Waals surface area contributed by atoms with Gasteiger partial charge in [-0.25, -0.2) is 5.10 Å². The fraction of sp³-hybridized carbons (Fsp3) is 0.357. The molecule has 0 aliphatic carbocycles. The molecule has 2 heterocycles. The van der Waals surface area contributed by atoms with Crippen molar-refractivity contribution in [3.8, 4) is 0 Å². The van der Waals surface area contributed by atoms with Gasteiger partial charge in [-0.05, 0) is 29.9 Å². The highest BCUT2D eigenvalue weighted by molar-refractivity contribution is 7.71. The summed E-state index contributed by atoms with van der Waals surface area (Å²) in [7, 11) is 0. The van der Waals surface area contributed by atoms with E-state index < -0.39 is 12.0 Å². The fourth-order valence-electron chi connectivity index (χ4n) is 2.30. The molecule has 0 atom stereocenters. The van der Waals surface area contributed by atoms with Crippen LogP contribution in [0.4, 0.5) is 18.9 Å². The highest BCUT2D eigenvalue weighted by Gasteiger charge is 2.37. The van der Waals surface area contributed by atoms with E-state index in [0.717, 1.165) is 18.8 Å².